The van der Waals surface area contributed by atoms with Crippen LogP contribution in [0.2, 0.25) is 0 Å². The van der Waals surface area contributed by atoms with Crippen molar-refractivity contribution in [3.05, 3.63) is 46.9 Å². The Labute approximate surface area is 210 Å². The first-order valence-corrected chi connectivity index (χ1v) is 11.6. The van der Waals surface area contributed by atoms with Gasteiger partial charge in [0.25, 0.3) is 5.91 Å². The molecular weight excluding hydrogens is 496 g/mol. The minimum absolute atomic E-state index is 0.00719. The Morgan fingerprint density at radius 2 is 1.92 bits per heavy atom. The molecule has 3 amide bonds. The van der Waals surface area contributed by atoms with Crippen molar-refractivity contribution in [2.75, 3.05) is 39.8 Å². The van der Waals surface area contributed by atoms with Crippen LogP contribution in [-0.2, 0) is 13.2 Å². The quantitative estimate of drug-likeness (QED) is 0.408. The summed E-state index contributed by atoms with van der Waals surface area (Å²) in [7, 11) is 3.09. The van der Waals surface area contributed by atoms with Gasteiger partial charge >= 0.3 is 12.2 Å². The molecule has 4 rings (SSSR count). The standard InChI is InChI=1S/C24H26F4N6O3/c1-5-33-8-10-34(4,15-6-7-19(25)18(12-15)24(26,27)28)23(36)30-21(35)17-13-16-14(2)31-32(3)20(16)29-22(17)37-11-9-33/h6-7,12-13H,5,8-11H2,1-4H3/p+1. The maximum atomic E-state index is 14.0. The normalized spacial score (nSPS) is 20.1. The van der Waals surface area contributed by atoms with Gasteiger partial charge in [0.05, 0.1) is 18.3 Å². The van der Waals surface area contributed by atoms with E-state index >= 15 is 0 Å². The van der Waals surface area contributed by atoms with Crippen LogP contribution >= 0.6 is 0 Å². The minimum atomic E-state index is -4.96. The third kappa shape index (κ3) is 5.01. The SMILES string of the molecule is CCN1CCOc2nc3c(cc2C(=O)NC(=O)[N+](C)(c2ccc(F)c(C(F)(F)F)c2)CC1)c(C)nn3C. The van der Waals surface area contributed by atoms with Crippen LogP contribution < -0.4 is 14.5 Å². The largest absolute Gasteiger partial charge is 0.476 e. The second-order valence-electron chi connectivity index (χ2n) is 9.04. The molecule has 0 radical (unpaired) electrons. The number of benzene rings is 1. The van der Waals surface area contributed by atoms with Crippen molar-refractivity contribution < 1.29 is 31.9 Å². The summed E-state index contributed by atoms with van der Waals surface area (Å²) in [4.78, 5) is 33.2. The number of ether oxygens (including phenoxy) is 1. The highest BCUT2D eigenvalue weighted by Gasteiger charge is 2.41. The number of likely N-dealkylation sites (N-methyl/N-ethyl adjacent to an activating group) is 2. The molecule has 37 heavy (non-hydrogen) atoms. The van der Waals surface area contributed by atoms with Crippen molar-refractivity contribution in [1.82, 2.24) is 29.5 Å². The summed E-state index contributed by atoms with van der Waals surface area (Å²) in [6, 6.07) is 3.06. The molecule has 1 atom stereocenters. The van der Waals surface area contributed by atoms with Crippen LogP contribution in [0.3, 0.4) is 0 Å². The van der Waals surface area contributed by atoms with Gasteiger partial charge in [-0.05, 0) is 25.6 Å². The Morgan fingerprint density at radius 3 is 2.59 bits per heavy atom. The van der Waals surface area contributed by atoms with E-state index in [1.807, 2.05) is 11.8 Å². The predicted molar refractivity (Wildman–Crippen MR) is 128 cm³/mol. The molecule has 0 fully saturated rings. The monoisotopic (exact) mass is 523 g/mol. The van der Waals surface area contributed by atoms with E-state index in [0.29, 0.717) is 41.9 Å². The maximum absolute atomic E-state index is 14.0. The highest BCUT2D eigenvalue weighted by molar-refractivity contribution is 6.09. The molecule has 0 aliphatic carbocycles. The maximum Gasteiger partial charge on any atom is 0.428 e. The molecule has 198 valence electrons. The number of hydrogen-bond acceptors (Lipinski definition) is 6. The van der Waals surface area contributed by atoms with E-state index < -0.39 is 34.0 Å². The second-order valence-corrected chi connectivity index (χ2v) is 9.04. The van der Waals surface area contributed by atoms with Crippen molar-refractivity contribution >= 4 is 28.7 Å². The molecule has 13 heteroatoms. The molecule has 0 bridgehead atoms. The number of aryl methyl sites for hydroxylation is 2. The minimum Gasteiger partial charge on any atom is -0.476 e. The summed E-state index contributed by atoms with van der Waals surface area (Å²) in [5.41, 5.74) is -0.509. The van der Waals surface area contributed by atoms with E-state index in [1.165, 1.54) is 13.1 Å². The van der Waals surface area contributed by atoms with E-state index in [2.05, 4.69) is 15.4 Å². The fourth-order valence-corrected chi connectivity index (χ4v) is 4.31. The van der Waals surface area contributed by atoms with E-state index in [-0.39, 0.29) is 36.8 Å². The fourth-order valence-electron chi connectivity index (χ4n) is 4.31. The molecule has 3 heterocycles. The van der Waals surface area contributed by atoms with Gasteiger partial charge in [-0.25, -0.2) is 19.0 Å². The van der Waals surface area contributed by atoms with Crippen LogP contribution in [0.4, 0.5) is 28.0 Å². The molecule has 1 aliphatic rings. The van der Waals surface area contributed by atoms with Gasteiger partial charge in [-0.15, -0.1) is 0 Å². The van der Waals surface area contributed by atoms with Gasteiger partial charge in [-0.3, -0.25) is 14.4 Å². The number of halogens is 4. The smallest absolute Gasteiger partial charge is 0.428 e. The number of quaternary nitrogens is 1. The predicted octanol–water partition coefficient (Wildman–Crippen LogP) is 3.64. The van der Waals surface area contributed by atoms with E-state index in [0.717, 1.165) is 6.07 Å². The Balaban J connectivity index is 1.81. The number of alkyl halides is 3. The van der Waals surface area contributed by atoms with Crippen molar-refractivity contribution in [1.29, 1.82) is 0 Å². The van der Waals surface area contributed by atoms with Gasteiger partial charge in [0.2, 0.25) is 5.88 Å². The zero-order valence-electron chi connectivity index (χ0n) is 20.8. The highest BCUT2D eigenvalue weighted by Crippen LogP contribution is 2.35. The average molecular weight is 524 g/mol. The zero-order valence-corrected chi connectivity index (χ0v) is 20.8. The van der Waals surface area contributed by atoms with Gasteiger partial charge in [-0.2, -0.15) is 23.3 Å². The number of hydrogen-bond donors (Lipinski definition) is 1. The van der Waals surface area contributed by atoms with Crippen molar-refractivity contribution in [3.63, 3.8) is 0 Å². The number of carbonyl (C=O) groups excluding carboxylic acids is 2. The fraction of sp³-hybridized carbons (Fsp3) is 0.417. The van der Waals surface area contributed by atoms with Crippen LogP contribution in [0, 0.1) is 12.7 Å². The van der Waals surface area contributed by atoms with Gasteiger partial charge in [-0.1, -0.05) is 6.92 Å². The molecule has 3 aromatic rings. The number of imide groups is 1. The van der Waals surface area contributed by atoms with E-state index in [4.69, 9.17) is 4.74 Å². The Kier molecular flexibility index (Phi) is 6.95. The van der Waals surface area contributed by atoms with Crippen LogP contribution in [0.25, 0.3) is 11.0 Å². The summed E-state index contributed by atoms with van der Waals surface area (Å²) in [6.07, 6.45) is -4.96. The molecule has 0 saturated carbocycles. The topological polar surface area (TPSA) is 89.3 Å². The summed E-state index contributed by atoms with van der Waals surface area (Å²) in [5.74, 6) is -2.27. The Bertz CT molecular complexity index is 1370. The Hall–Kier alpha value is -3.58. The van der Waals surface area contributed by atoms with Crippen LogP contribution in [0.15, 0.2) is 24.3 Å². The molecule has 0 spiro atoms. The molecule has 2 aromatic heterocycles. The lowest BCUT2D eigenvalue weighted by Crippen LogP contribution is -2.59. The van der Waals surface area contributed by atoms with Gasteiger partial charge in [0, 0.05) is 37.7 Å². The van der Waals surface area contributed by atoms with Crippen molar-refractivity contribution in [3.8, 4) is 5.88 Å². The number of aromatic nitrogens is 3. The van der Waals surface area contributed by atoms with Crippen molar-refractivity contribution in [2.24, 2.45) is 7.05 Å². The van der Waals surface area contributed by atoms with Crippen molar-refractivity contribution in [2.45, 2.75) is 20.0 Å². The molecule has 1 unspecified atom stereocenters. The lowest BCUT2D eigenvalue weighted by molar-refractivity contribution is -0.140. The molecular formula is C24H27F4N6O3+. The molecule has 1 aromatic carbocycles. The summed E-state index contributed by atoms with van der Waals surface area (Å²) in [6.45, 7) is 5.10. The number of amides is 3. The molecule has 9 nitrogen and oxygen atoms in total. The van der Waals surface area contributed by atoms with E-state index in [1.54, 1.807) is 18.7 Å². The Morgan fingerprint density at radius 1 is 1.19 bits per heavy atom. The number of pyridine rings is 1. The van der Waals surface area contributed by atoms with E-state index in [9.17, 15) is 27.2 Å². The molecule has 0 saturated heterocycles. The highest BCUT2D eigenvalue weighted by atomic mass is 19.4. The molecule has 1 aliphatic heterocycles. The number of urea groups is 1. The first-order chi connectivity index (χ1) is 17.3. The number of rotatable bonds is 2. The molecule has 1 N–H and O–H groups in total. The first-order valence-electron chi connectivity index (χ1n) is 11.6. The van der Waals surface area contributed by atoms with Gasteiger partial charge in [0.1, 0.15) is 30.2 Å². The first kappa shape index (κ1) is 26.5. The zero-order chi connectivity index (χ0) is 27.1. The second kappa shape index (κ2) is 9.71. The summed E-state index contributed by atoms with van der Waals surface area (Å²) in [5, 5.41) is 7.18. The number of carbonyl (C=O) groups is 2. The van der Waals surface area contributed by atoms with Crippen LogP contribution in [0.1, 0.15) is 28.5 Å². The van der Waals surface area contributed by atoms with Crippen LogP contribution in [0.5, 0.6) is 5.88 Å². The number of fused-ring (bicyclic) bond motifs is 2. The lowest BCUT2D eigenvalue weighted by Gasteiger charge is -2.33. The van der Waals surface area contributed by atoms with Crippen LogP contribution in [-0.4, -0.2) is 71.4 Å². The third-order valence-electron chi connectivity index (χ3n) is 6.66. The third-order valence-corrected chi connectivity index (χ3v) is 6.66. The number of nitrogens with one attached hydrogen (secondary N) is 1. The lowest BCUT2D eigenvalue weighted by atomic mass is 10.1. The average Bonchev–Trinajstić information content (AvgIpc) is 3.11. The number of nitrogens with zero attached hydrogens (tertiary/aromatic N) is 5. The summed E-state index contributed by atoms with van der Waals surface area (Å²) < 4.78 is 61.0. The van der Waals surface area contributed by atoms with Gasteiger partial charge in [0.15, 0.2) is 5.65 Å². The summed E-state index contributed by atoms with van der Waals surface area (Å²) >= 11 is 0. The van der Waals surface area contributed by atoms with Gasteiger partial charge < -0.3 is 4.74 Å².